The highest BCUT2D eigenvalue weighted by molar-refractivity contribution is 5.79. The average Bonchev–Trinajstić information content (AvgIpc) is 3.01. The van der Waals surface area contributed by atoms with Crippen LogP contribution in [0, 0.1) is 11.7 Å². The molecule has 2 fully saturated rings. The summed E-state index contributed by atoms with van der Waals surface area (Å²) in [5, 5.41) is 3.18. The smallest absolute Gasteiger partial charge is 0.223 e. The number of carbonyl (C=O) groups excluding carboxylic acids is 1. The van der Waals surface area contributed by atoms with Crippen molar-refractivity contribution < 1.29 is 9.18 Å². The van der Waals surface area contributed by atoms with E-state index in [9.17, 15) is 9.18 Å². The first-order valence-electron chi connectivity index (χ1n) is 8.88. The van der Waals surface area contributed by atoms with Gasteiger partial charge in [0.15, 0.2) is 0 Å². The van der Waals surface area contributed by atoms with E-state index < -0.39 is 0 Å². The van der Waals surface area contributed by atoms with Gasteiger partial charge in [-0.15, -0.1) is 0 Å². The molecule has 1 aromatic rings. The molecule has 4 heteroatoms. The van der Waals surface area contributed by atoms with Crippen LogP contribution in [0.15, 0.2) is 24.3 Å². The first kappa shape index (κ1) is 16.4. The van der Waals surface area contributed by atoms with E-state index >= 15 is 0 Å². The fraction of sp³-hybridized carbons (Fsp3) is 0.632. The van der Waals surface area contributed by atoms with Gasteiger partial charge in [-0.05, 0) is 49.8 Å². The number of benzene rings is 1. The van der Waals surface area contributed by atoms with Crippen LogP contribution in [-0.2, 0) is 10.2 Å². The van der Waals surface area contributed by atoms with Crippen molar-refractivity contribution in [2.24, 2.45) is 11.7 Å². The highest BCUT2D eigenvalue weighted by Gasteiger charge is 2.35. The molecule has 2 aliphatic carbocycles. The van der Waals surface area contributed by atoms with Gasteiger partial charge in [0.2, 0.25) is 5.91 Å². The summed E-state index contributed by atoms with van der Waals surface area (Å²) in [7, 11) is 0. The van der Waals surface area contributed by atoms with Gasteiger partial charge in [0.05, 0.1) is 0 Å². The molecular formula is C19H27FN2O. The van der Waals surface area contributed by atoms with E-state index in [1.54, 1.807) is 0 Å². The maximum Gasteiger partial charge on any atom is 0.223 e. The fourth-order valence-corrected chi connectivity index (χ4v) is 4.25. The molecule has 126 valence electrons. The molecule has 1 aromatic carbocycles. The summed E-state index contributed by atoms with van der Waals surface area (Å²) in [5.74, 6) is 0.00700. The Balaban J connectivity index is 1.69. The van der Waals surface area contributed by atoms with Crippen LogP contribution in [0.5, 0.6) is 0 Å². The minimum absolute atomic E-state index is 0.0394. The highest BCUT2D eigenvalue weighted by atomic mass is 19.1. The topological polar surface area (TPSA) is 55.1 Å². The molecule has 0 saturated heterocycles. The van der Waals surface area contributed by atoms with Gasteiger partial charge in [0.1, 0.15) is 5.82 Å². The molecule has 0 heterocycles. The molecule has 2 atom stereocenters. The third kappa shape index (κ3) is 3.74. The van der Waals surface area contributed by atoms with Gasteiger partial charge in [-0.1, -0.05) is 31.4 Å². The lowest BCUT2D eigenvalue weighted by Gasteiger charge is -2.38. The molecule has 2 aliphatic rings. The van der Waals surface area contributed by atoms with Crippen molar-refractivity contribution >= 4 is 5.91 Å². The third-order valence-corrected chi connectivity index (χ3v) is 5.71. The van der Waals surface area contributed by atoms with Gasteiger partial charge in [0, 0.05) is 23.9 Å². The van der Waals surface area contributed by atoms with Crippen LogP contribution < -0.4 is 11.1 Å². The molecule has 3 N–H and O–H groups in total. The van der Waals surface area contributed by atoms with Gasteiger partial charge >= 0.3 is 0 Å². The predicted octanol–water partition coefficient (Wildman–Crippen LogP) is 3.27. The van der Waals surface area contributed by atoms with Crippen molar-refractivity contribution in [2.75, 3.05) is 6.54 Å². The van der Waals surface area contributed by atoms with E-state index in [4.69, 9.17) is 5.73 Å². The minimum atomic E-state index is -0.205. The number of nitrogens with two attached hydrogens (primary N) is 1. The van der Waals surface area contributed by atoms with Gasteiger partial charge in [-0.25, -0.2) is 4.39 Å². The van der Waals surface area contributed by atoms with Crippen LogP contribution in [0.3, 0.4) is 0 Å². The molecule has 3 nitrogen and oxygen atoms in total. The fourth-order valence-electron chi connectivity index (χ4n) is 4.25. The summed E-state index contributed by atoms with van der Waals surface area (Å²) < 4.78 is 13.3. The molecule has 1 amide bonds. The van der Waals surface area contributed by atoms with E-state index in [-0.39, 0.29) is 29.1 Å². The Morgan fingerprint density at radius 1 is 1.17 bits per heavy atom. The summed E-state index contributed by atoms with van der Waals surface area (Å²) in [6.45, 7) is 0.656. The zero-order valence-corrected chi connectivity index (χ0v) is 13.7. The minimum Gasteiger partial charge on any atom is -0.355 e. The van der Waals surface area contributed by atoms with Crippen molar-refractivity contribution in [3.05, 3.63) is 35.6 Å². The summed E-state index contributed by atoms with van der Waals surface area (Å²) in [6, 6.07) is 7.01. The third-order valence-electron chi connectivity index (χ3n) is 5.71. The van der Waals surface area contributed by atoms with Crippen LogP contribution in [0.4, 0.5) is 4.39 Å². The van der Waals surface area contributed by atoms with E-state index in [2.05, 4.69) is 5.32 Å². The number of nitrogens with one attached hydrogen (secondary N) is 1. The molecule has 0 spiro atoms. The second kappa shape index (κ2) is 7.00. The van der Waals surface area contributed by atoms with Gasteiger partial charge in [-0.2, -0.15) is 0 Å². The lowest BCUT2D eigenvalue weighted by molar-refractivity contribution is -0.125. The van der Waals surface area contributed by atoms with Crippen molar-refractivity contribution in [3.8, 4) is 0 Å². The van der Waals surface area contributed by atoms with Crippen molar-refractivity contribution in [3.63, 3.8) is 0 Å². The largest absolute Gasteiger partial charge is 0.355 e. The van der Waals surface area contributed by atoms with Gasteiger partial charge in [0.25, 0.3) is 0 Å². The normalized spacial score (nSPS) is 26.9. The zero-order chi connectivity index (χ0) is 16.3. The Bertz CT molecular complexity index is 537. The van der Waals surface area contributed by atoms with Gasteiger partial charge < -0.3 is 11.1 Å². The lowest BCUT2D eigenvalue weighted by atomic mass is 9.69. The standard InChI is InChI=1S/C19H27FN2O/c20-16-7-5-15(6-8-16)19(10-2-1-3-11-19)13-22-18(23)14-4-9-17(21)12-14/h5-8,14,17H,1-4,9-13,21H2,(H,22,23). The molecule has 0 aromatic heterocycles. The summed E-state index contributed by atoms with van der Waals surface area (Å²) in [4.78, 5) is 12.4. The summed E-state index contributed by atoms with van der Waals surface area (Å²) in [6.07, 6.45) is 8.34. The quantitative estimate of drug-likeness (QED) is 0.895. The summed E-state index contributed by atoms with van der Waals surface area (Å²) >= 11 is 0. The van der Waals surface area contributed by atoms with Crippen LogP contribution in [-0.4, -0.2) is 18.5 Å². The van der Waals surface area contributed by atoms with Crippen LogP contribution >= 0.6 is 0 Å². The second-order valence-corrected chi connectivity index (χ2v) is 7.34. The maximum absolute atomic E-state index is 13.3. The van der Waals surface area contributed by atoms with Crippen molar-refractivity contribution in [1.29, 1.82) is 0 Å². The van der Waals surface area contributed by atoms with E-state index in [0.717, 1.165) is 37.7 Å². The number of rotatable bonds is 4. The first-order valence-corrected chi connectivity index (χ1v) is 8.88. The number of hydrogen-bond acceptors (Lipinski definition) is 2. The Kier molecular flexibility index (Phi) is 5.00. The molecule has 0 bridgehead atoms. The van der Waals surface area contributed by atoms with Gasteiger partial charge in [-0.3, -0.25) is 4.79 Å². The summed E-state index contributed by atoms with van der Waals surface area (Å²) in [5.41, 5.74) is 7.03. The molecule has 2 saturated carbocycles. The number of carbonyl (C=O) groups is 1. The predicted molar refractivity (Wildman–Crippen MR) is 89.5 cm³/mol. The Morgan fingerprint density at radius 3 is 2.48 bits per heavy atom. The Hall–Kier alpha value is -1.42. The maximum atomic E-state index is 13.3. The number of hydrogen-bond donors (Lipinski definition) is 2. The van der Waals surface area contributed by atoms with Crippen LogP contribution in [0.2, 0.25) is 0 Å². The zero-order valence-electron chi connectivity index (χ0n) is 13.7. The number of amides is 1. The van der Waals surface area contributed by atoms with E-state index in [1.807, 2.05) is 12.1 Å². The van der Waals surface area contributed by atoms with E-state index in [1.165, 1.54) is 31.4 Å². The average molecular weight is 318 g/mol. The Labute approximate surface area is 137 Å². The van der Waals surface area contributed by atoms with Crippen LogP contribution in [0.25, 0.3) is 0 Å². The molecule has 0 aliphatic heterocycles. The van der Waals surface area contributed by atoms with Crippen molar-refractivity contribution in [1.82, 2.24) is 5.32 Å². The monoisotopic (exact) mass is 318 g/mol. The molecule has 0 radical (unpaired) electrons. The molecule has 3 rings (SSSR count). The highest BCUT2D eigenvalue weighted by Crippen LogP contribution is 2.39. The van der Waals surface area contributed by atoms with Crippen LogP contribution in [0.1, 0.15) is 56.9 Å². The molecule has 23 heavy (non-hydrogen) atoms. The molecular weight excluding hydrogens is 291 g/mol. The lowest BCUT2D eigenvalue weighted by Crippen LogP contribution is -2.44. The van der Waals surface area contributed by atoms with E-state index in [0.29, 0.717) is 6.54 Å². The SMILES string of the molecule is NC1CCC(C(=O)NCC2(c3ccc(F)cc3)CCCCC2)C1. The first-order chi connectivity index (χ1) is 11.1. The Morgan fingerprint density at radius 2 is 1.87 bits per heavy atom. The molecule has 2 unspecified atom stereocenters. The van der Waals surface area contributed by atoms with Crippen molar-refractivity contribution in [2.45, 2.75) is 62.8 Å². The second-order valence-electron chi connectivity index (χ2n) is 7.34. The number of halogens is 1.